The molecule has 49 heavy (non-hydrogen) atoms. The highest BCUT2D eigenvalue weighted by Crippen LogP contribution is 2.41. The van der Waals surface area contributed by atoms with Gasteiger partial charge in [-0.1, -0.05) is 28.1 Å². The maximum Gasteiger partial charge on any atom is 0.352 e. The van der Waals surface area contributed by atoms with Crippen molar-refractivity contribution >= 4 is 86.1 Å². The summed E-state index contributed by atoms with van der Waals surface area (Å²) in [7, 11) is 1.25. The number of anilines is 1. The molecule has 4 aromatic rings. The van der Waals surface area contributed by atoms with Crippen molar-refractivity contribution in [3.05, 3.63) is 67.8 Å². The fraction of sp³-hybridized carbons (Fsp3) is 0.367. The minimum absolute atomic E-state index is 0.0229. The molecule has 0 aromatic carbocycles. The van der Waals surface area contributed by atoms with E-state index in [1.165, 1.54) is 30.2 Å². The average molecular weight is 744 g/mol. The summed E-state index contributed by atoms with van der Waals surface area (Å²) in [6, 6.07) is 3.06. The van der Waals surface area contributed by atoms with Crippen LogP contribution in [0.25, 0.3) is 5.65 Å². The summed E-state index contributed by atoms with van der Waals surface area (Å²) in [5.74, 6) is -1.62. The Hall–Kier alpha value is -4.39. The van der Waals surface area contributed by atoms with Gasteiger partial charge in [0, 0.05) is 34.7 Å². The van der Waals surface area contributed by atoms with Crippen LogP contribution in [0.3, 0.4) is 0 Å². The Morgan fingerprint density at radius 1 is 1.29 bits per heavy atom. The Labute approximate surface area is 297 Å². The van der Waals surface area contributed by atoms with E-state index in [-0.39, 0.29) is 33.1 Å². The van der Waals surface area contributed by atoms with Crippen LogP contribution in [-0.4, -0.2) is 95.8 Å². The zero-order chi connectivity index (χ0) is 34.4. The lowest BCUT2D eigenvalue weighted by Gasteiger charge is -2.49. The number of likely N-dealkylation sites (tertiary alicyclic amines) is 1. The molecule has 0 saturated carbocycles. The van der Waals surface area contributed by atoms with Crippen molar-refractivity contribution in [1.82, 2.24) is 29.3 Å². The number of carbonyl (C=O) groups excluding carboxylic acids is 2. The highest BCUT2D eigenvalue weighted by atomic mass is 35.5. The van der Waals surface area contributed by atoms with Crippen LogP contribution < -0.4 is 15.6 Å². The Kier molecular flexibility index (Phi) is 9.12. The van der Waals surface area contributed by atoms with Crippen molar-refractivity contribution in [2.45, 2.75) is 43.8 Å². The molecule has 0 radical (unpaired) electrons. The first-order valence-corrected chi connectivity index (χ1v) is 18.5. The maximum absolute atomic E-state index is 13.3. The lowest BCUT2D eigenvalue weighted by molar-refractivity contribution is -0.661. The van der Waals surface area contributed by atoms with Gasteiger partial charge >= 0.3 is 11.6 Å². The monoisotopic (exact) mass is 743 g/mol. The number of piperidine rings is 1. The van der Waals surface area contributed by atoms with Crippen LogP contribution in [0, 0.1) is 5.41 Å². The quantitative estimate of drug-likeness (QED) is 0.0622. The zero-order valence-electron chi connectivity index (χ0n) is 26.2. The number of hydrogen-bond acceptors (Lipinski definition) is 11. The van der Waals surface area contributed by atoms with E-state index in [1.807, 2.05) is 39.2 Å². The number of amides is 2. The number of nitrogens with two attached hydrogens (primary N) is 1. The molecule has 4 aromatic heterocycles. The van der Waals surface area contributed by atoms with Crippen LogP contribution in [0.1, 0.15) is 35.4 Å². The molecule has 3 aliphatic heterocycles. The van der Waals surface area contributed by atoms with Gasteiger partial charge in [-0.25, -0.2) is 19.0 Å². The van der Waals surface area contributed by atoms with Gasteiger partial charge in [-0.05, 0) is 30.9 Å². The molecular weight excluding hydrogens is 712 g/mol. The fourth-order valence-electron chi connectivity index (χ4n) is 6.32. The second-order valence-corrected chi connectivity index (χ2v) is 15.4. The van der Waals surface area contributed by atoms with Gasteiger partial charge in [0.25, 0.3) is 11.8 Å². The molecule has 0 aliphatic carbocycles. The van der Waals surface area contributed by atoms with E-state index in [0.29, 0.717) is 23.7 Å². The van der Waals surface area contributed by atoms with Crippen LogP contribution in [-0.2, 0) is 32.3 Å². The van der Waals surface area contributed by atoms with Crippen molar-refractivity contribution in [3.63, 3.8) is 0 Å². The molecular formula is C30H32ClN10O5S3+. The van der Waals surface area contributed by atoms with Gasteiger partial charge in [0.05, 0.1) is 18.8 Å². The average Bonchev–Trinajstić information content (AvgIpc) is 3.89. The molecule has 2 fully saturated rings. The number of amidine groups is 1. The van der Waals surface area contributed by atoms with Crippen LogP contribution in [0.4, 0.5) is 5.13 Å². The second-order valence-electron chi connectivity index (χ2n) is 11.7. The smallest absolute Gasteiger partial charge is 0.352 e. The highest BCUT2D eigenvalue weighted by Gasteiger charge is 2.54. The number of thiazole rings is 1. The van der Waals surface area contributed by atoms with Crippen molar-refractivity contribution in [2.75, 3.05) is 31.7 Å². The van der Waals surface area contributed by atoms with Gasteiger partial charge in [0.1, 0.15) is 52.8 Å². The first-order valence-electron chi connectivity index (χ1n) is 15.4. The van der Waals surface area contributed by atoms with Gasteiger partial charge in [0.2, 0.25) is 0 Å². The minimum Gasteiger partial charge on any atom is -0.477 e. The lowest BCUT2D eigenvalue weighted by atomic mass is 10.0. The van der Waals surface area contributed by atoms with Crippen molar-refractivity contribution in [2.24, 2.45) is 5.16 Å². The number of carbonyl (C=O) groups is 3. The number of aromatic nitrogens is 4. The van der Waals surface area contributed by atoms with E-state index in [2.05, 4.69) is 31.0 Å². The first-order chi connectivity index (χ1) is 23.6. The highest BCUT2D eigenvalue weighted by molar-refractivity contribution is 8.00. The predicted molar refractivity (Wildman–Crippen MR) is 186 cm³/mol. The summed E-state index contributed by atoms with van der Waals surface area (Å²) >= 11 is 10.1. The molecule has 7 heterocycles. The molecule has 15 nitrogen and oxygen atoms in total. The number of imidazole rings is 1. The zero-order valence-corrected chi connectivity index (χ0v) is 29.4. The first kappa shape index (κ1) is 33.1. The molecule has 0 bridgehead atoms. The molecule has 2 amide bonds. The summed E-state index contributed by atoms with van der Waals surface area (Å²) in [5.41, 5.74) is 7.82. The van der Waals surface area contributed by atoms with E-state index in [9.17, 15) is 19.5 Å². The van der Waals surface area contributed by atoms with E-state index in [1.54, 1.807) is 11.3 Å². The summed E-state index contributed by atoms with van der Waals surface area (Å²) < 4.78 is 6.09. The summed E-state index contributed by atoms with van der Waals surface area (Å²) in [6.07, 6.45) is 9.24. The van der Waals surface area contributed by atoms with Crippen LogP contribution in [0.2, 0.25) is 4.34 Å². The molecule has 2 saturated heterocycles. The van der Waals surface area contributed by atoms with Gasteiger partial charge in [-0.15, -0.1) is 27.6 Å². The normalized spacial score (nSPS) is 19.6. The lowest BCUT2D eigenvalue weighted by Crippen LogP contribution is -2.71. The van der Waals surface area contributed by atoms with E-state index in [4.69, 9.17) is 27.6 Å². The Morgan fingerprint density at radius 2 is 2.08 bits per heavy atom. The second kappa shape index (κ2) is 13.5. The number of carboxylic acids is 1. The Balaban J connectivity index is 1.05. The summed E-state index contributed by atoms with van der Waals surface area (Å²) in [5, 5.41) is 26.8. The molecule has 0 spiro atoms. The number of nitrogens with one attached hydrogen (secondary N) is 2. The molecule has 5 N–H and O–H groups in total. The number of oxime groups is 1. The fourth-order valence-corrected chi connectivity index (χ4v) is 9.45. The number of thiophene rings is 1. The number of β-lactam (4-membered cyclic amide) rings is 1. The maximum atomic E-state index is 13.3. The number of aliphatic carboxylic acids is 1. The standard InChI is InChI=1S/C30H31ClN10O5S3/c1-46-36-21(20-24(31)49-30(33)35-20)26(42)34-22-27(43)41-23(29(44)45)17(15-48-28(22)41)12-39-8-5-19-38(9-10-40(19)39)13-18-11-16(14-47-18)25(32)37-6-3-2-4-7-37/h5,8-11,14,22,28,32H,2-4,6-7,12-13,15H2,1H3,(H3-,33,34,35,42,44,45)/p+1/b32-25?,36-21-/t22-,28-/m1/s1. The Morgan fingerprint density at radius 3 is 2.80 bits per heavy atom. The van der Waals surface area contributed by atoms with Crippen molar-refractivity contribution in [1.29, 1.82) is 5.41 Å². The Bertz CT molecular complexity index is 2040. The van der Waals surface area contributed by atoms with Crippen molar-refractivity contribution < 1.29 is 28.9 Å². The van der Waals surface area contributed by atoms with E-state index in [0.717, 1.165) is 53.4 Å². The third-order valence-corrected chi connectivity index (χ3v) is 12.0. The van der Waals surface area contributed by atoms with Gasteiger partial charge < -0.3 is 25.9 Å². The summed E-state index contributed by atoms with van der Waals surface area (Å²) in [6.45, 7) is 2.73. The number of thioether (sulfide) groups is 1. The molecule has 3 aliphatic rings. The van der Waals surface area contributed by atoms with Crippen molar-refractivity contribution in [3.8, 4) is 0 Å². The number of nitrogens with zero attached hydrogens (tertiary/aromatic N) is 7. The number of fused-ring (bicyclic) bond motifs is 2. The number of carboxylic acid groups (broad SMARTS) is 1. The number of rotatable bonds is 10. The van der Waals surface area contributed by atoms with Crippen LogP contribution in [0.5, 0.6) is 0 Å². The molecule has 7 rings (SSSR count). The van der Waals surface area contributed by atoms with Gasteiger partial charge in [0.15, 0.2) is 17.0 Å². The third-order valence-electron chi connectivity index (χ3n) is 8.63. The topological polar surface area (TPSA) is 188 Å². The third kappa shape index (κ3) is 6.17. The van der Waals surface area contributed by atoms with Crippen LogP contribution >= 0.6 is 46.0 Å². The minimum atomic E-state index is -1.22. The van der Waals surface area contributed by atoms with Gasteiger partial charge in [-0.3, -0.25) is 19.9 Å². The number of hydrogen-bond donors (Lipinski definition) is 4. The van der Waals surface area contributed by atoms with E-state index < -0.39 is 29.2 Å². The van der Waals surface area contributed by atoms with Gasteiger partial charge in [-0.2, -0.15) is 0 Å². The summed E-state index contributed by atoms with van der Waals surface area (Å²) in [4.78, 5) is 52.4. The van der Waals surface area contributed by atoms with Crippen LogP contribution in [0.15, 0.2) is 52.5 Å². The number of nitrogen functional groups attached to an aromatic ring is 1. The molecule has 256 valence electrons. The molecule has 0 unspecified atom stereocenters. The number of halogens is 1. The predicted octanol–water partition coefficient (Wildman–Crippen LogP) is 2.43. The molecule has 19 heteroatoms. The SMILES string of the molecule is CO/N=C(\C(=O)N[C@@H]1C(=O)N2C(C(=O)O)=C(Cn3ccc4n3cc[n+]4Cc3cc(C(=N)N4CCCCC4)cs3)CS[C@H]12)c1nc(N)sc1Cl. The molecule has 2 atom stereocenters. The largest absolute Gasteiger partial charge is 0.477 e. The van der Waals surface area contributed by atoms with E-state index >= 15 is 0 Å².